The van der Waals surface area contributed by atoms with E-state index in [4.69, 9.17) is 9.47 Å². The lowest BCUT2D eigenvalue weighted by Gasteiger charge is -2.22. The molecule has 1 aliphatic heterocycles. The average molecular weight is 476 g/mol. The van der Waals surface area contributed by atoms with Crippen LogP contribution in [0.5, 0.6) is 11.5 Å². The quantitative estimate of drug-likeness (QED) is 0.366. The Balaban J connectivity index is 1.33. The third-order valence-electron chi connectivity index (χ3n) is 5.68. The minimum absolute atomic E-state index is 0.00698. The maximum atomic E-state index is 13.5. The molecule has 8 nitrogen and oxygen atoms in total. The van der Waals surface area contributed by atoms with Crippen LogP contribution in [0.1, 0.15) is 39.8 Å². The number of aromatic nitrogens is 4. The molecule has 0 atom stereocenters. The molecule has 0 spiro atoms. The molecule has 1 aliphatic rings. The second-order valence-electron chi connectivity index (χ2n) is 8.10. The Kier molecular flexibility index (Phi) is 6.10. The van der Waals surface area contributed by atoms with Crippen molar-refractivity contribution in [2.45, 2.75) is 38.2 Å². The van der Waals surface area contributed by atoms with Crippen molar-refractivity contribution in [3.63, 3.8) is 0 Å². The summed E-state index contributed by atoms with van der Waals surface area (Å²) in [5.74, 6) is 2.62. The van der Waals surface area contributed by atoms with E-state index in [-0.39, 0.29) is 12.7 Å². The molecule has 1 amide bonds. The Morgan fingerprint density at radius 3 is 2.76 bits per heavy atom. The maximum absolute atomic E-state index is 13.5. The second-order valence-corrected chi connectivity index (χ2v) is 9.04. The van der Waals surface area contributed by atoms with Crippen molar-refractivity contribution in [2.24, 2.45) is 0 Å². The van der Waals surface area contributed by atoms with Crippen molar-refractivity contribution < 1.29 is 14.3 Å². The molecule has 0 aliphatic carbocycles. The Morgan fingerprint density at radius 2 is 1.91 bits per heavy atom. The molecular weight excluding hydrogens is 450 g/mol. The van der Waals surface area contributed by atoms with Gasteiger partial charge in [0.1, 0.15) is 0 Å². The van der Waals surface area contributed by atoms with E-state index in [9.17, 15) is 4.79 Å². The molecule has 0 unspecified atom stereocenters. The number of hydrogen-bond acceptors (Lipinski definition) is 7. The molecule has 0 saturated carbocycles. The lowest BCUT2D eigenvalue weighted by molar-refractivity contribution is 0.0751. The predicted molar refractivity (Wildman–Crippen MR) is 129 cm³/mol. The van der Waals surface area contributed by atoms with Crippen molar-refractivity contribution in [1.29, 1.82) is 0 Å². The Morgan fingerprint density at radius 1 is 1.09 bits per heavy atom. The van der Waals surface area contributed by atoms with E-state index in [2.05, 4.69) is 15.1 Å². The first-order valence-electron chi connectivity index (χ1n) is 11.1. The van der Waals surface area contributed by atoms with Crippen LogP contribution in [-0.2, 0) is 12.3 Å². The zero-order valence-electron chi connectivity index (χ0n) is 19.3. The minimum Gasteiger partial charge on any atom is -0.454 e. The van der Waals surface area contributed by atoms with Gasteiger partial charge in [0.2, 0.25) is 11.9 Å². The zero-order valence-corrected chi connectivity index (χ0v) is 20.1. The number of aryl methyl sites for hydroxylation is 2. The van der Waals surface area contributed by atoms with E-state index in [0.717, 1.165) is 34.0 Å². The highest BCUT2D eigenvalue weighted by atomic mass is 32.2. The summed E-state index contributed by atoms with van der Waals surface area (Å²) in [5, 5.41) is 5.20. The normalized spacial score (nSPS) is 12.3. The SMILES string of the molecule is CCN(Cc1ccc2c(c1)OCO2)C(=O)c1ccccc1CSc1nc2nc(C)cc(C)n2n1. The predicted octanol–water partition coefficient (Wildman–Crippen LogP) is 4.42. The Labute approximate surface area is 201 Å². The highest BCUT2D eigenvalue weighted by Crippen LogP contribution is 2.33. The van der Waals surface area contributed by atoms with Crippen molar-refractivity contribution in [3.8, 4) is 11.5 Å². The number of carbonyl (C=O) groups is 1. The van der Waals surface area contributed by atoms with Crippen LogP contribution in [0, 0.1) is 13.8 Å². The fourth-order valence-corrected chi connectivity index (χ4v) is 4.79. The molecule has 0 saturated heterocycles. The number of fused-ring (bicyclic) bond motifs is 2. The van der Waals surface area contributed by atoms with Gasteiger partial charge in [0, 0.05) is 35.8 Å². The summed E-state index contributed by atoms with van der Waals surface area (Å²) in [6.45, 7) is 7.23. The smallest absolute Gasteiger partial charge is 0.254 e. The summed E-state index contributed by atoms with van der Waals surface area (Å²) in [7, 11) is 0. The number of ether oxygens (including phenoxy) is 2. The average Bonchev–Trinajstić information content (AvgIpc) is 3.47. The fourth-order valence-electron chi connectivity index (χ4n) is 3.96. The Hall–Kier alpha value is -3.59. The largest absolute Gasteiger partial charge is 0.454 e. The number of carbonyl (C=O) groups excluding carboxylic acids is 1. The highest BCUT2D eigenvalue weighted by Gasteiger charge is 2.20. The van der Waals surface area contributed by atoms with E-state index < -0.39 is 0 Å². The van der Waals surface area contributed by atoms with Gasteiger partial charge in [-0.25, -0.2) is 9.50 Å². The molecule has 3 heterocycles. The van der Waals surface area contributed by atoms with Crippen molar-refractivity contribution in [2.75, 3.05) is 13.3 Å². The van der Waals surface area contributed by atoms with Gasteiger partial charge < -0.3 is 14.4 Å². The number of nitrogens with zero attached hydrogens (tertiary/aromatic N) is 5. The molecule has 2 aromatic heterocycles. The van der Waals surface area contributed by atoms with Crippen LogP contribution in [0.25, 0.3) is 5.78 Å². The summed E-state index contributed by atoms with van der Waals surface area (Å²) in [4.78, 5) is 24.3. The lowest BCUT2D eigenvalue weighted by Crippen LogP contribution is -2.31. The van der Waals surface area contributed by atoms with E-state index in [1.165, 1.54) is 11.8 Å². The number of thioether (sulfide) groups is 1. The molecule has 2 aromatic carbocycles. The third kappa shape index (κ3) is 4.43. The molecule has 0 fully saturated rings. The van der Waals surface area contributed by atoms with Crippen LogP contribution in [0.3, 0.4) is 0 Å². The van der Waals surface area contributed by atoms with Gasteiger partial charge in [-0.2, -0.15) is 4.98 Å². The van der Waals surface area contributed by atoms with Crippen LogP contribution in [0.4, 0.5) is 0 Å². The van der Waals surface area contributed by atoms with Gasteiger partial charge >= 0.3 is 0 Å². The van der Waals surface area contributed by atoms with Gasteiger partial charge in [-0.3, -0.25) is 4.79 Å². The van der Waals surface area contributed by atoms with Crippen LogP contribution in [-0.4, -0.2) is 43.7 Å². The first-order chi connectivity index (χ1) is 16.5. The van der Waals surface area contributed by atoms with Gasteiger partial charge in [0.15, 0.2) is 11.5 Å². The fraction of sp³-hybridized carbons (Fsp3) is 0.280. The summed E-state index contributed by atoms with van der Waals surface area (Å²) in [6.07, 6.45) is 0. The molecule has 174 valence electrons. The number of rotatable bonds is 7. The van der Waals surface area contributed by atoms with Gasteiger partial charge in [-0.05, 0) is 56.2 Å². The molecule has 9 heteroatoms. The van der Waals surface area contributed by atoms with E-state index in [1.807, 2.05) is 74.2 Å². The molecule has 4 aromatic rings. The molecular formula is C25H25N5O3S. The van der Waals surface area contributed by atoms with E-state index in [1.54, 1.807) is 4.52 Å². The standard InChI is InChI=1S/C25H25N5O3S/c1-4-29(13-18-9-10-21-22(12-18)33-15-32-21)23(31)20-8-6-5-7-19(20)14-34-25-27-24-26-16(2)11-17(3)30(24)28-25/h5-12H,4,13-15H2,1-3H3. The third-order valence-corrected chi connectivity index (χ3v) is 6.57. The first-order valence-corrected chi connectivity index (χ1v) is 12.1. The van der Waals surface area contributed by atoms with Gasteiger partial charge in [0.25, 0.3) is 11.7 Å². The van der Waals surface area contributed by atoms with Crippen LogP contribution >= 0.6 is 11.8 Å². The van der Waals surface area contributed by atoms with Crippen LogP contribution < -0.4 is 9.47 Å². The van der Waals surface area contributed by atoms with Crippen LogP contribution in [0.2, 0.25) is 0 Å². The monoisotopic (exact) mass is 475 g/mol. The topological polar surface area (TPSA) is 81.9 Å². The lowest BCUT2D eigenvalue weighted by atomic mass is 10.1. The Bertz CT molecular complexity index is 1370. The summed E-state index contributed by atoms with van der Waals surface area (Å²) < 4.78 is 12.6. The number of benzene rings is 2. The summed E-state index contributed by atoms with van der Waals surface area (Å²) in [5.41, 5.74) is 4.53. The molecule has 0 radical (unpaired) electrons. The minimum atomic E-state index is -0.00698. The van der Waals surface area contributed by atoms with Gasteiger partial charge in [-0.1, -0.05) is 36.0 Å². The van der Waals surface area contributed by atoms with Gasteiger partial charge in [0.05, 0.1) is 0 Å². The first kappa shape index (κ1) is 22.2. The molecule has 0 N–H and O–H groups in total. The van der Waals surface area contributed by atoms with E-state index >= 15 is 0 Å². The van der Waals surface area contributed by atoms with E-state index in [0.29, 0.717) is 35.3 Å². The van der Waals surface area contributed by atoms with Crippen molar-refractivity contribution in [1.82, 2.24) is 24.5 Å². The highest BCUT2D eigenvalue weighted by molar-refractivity contribution is 7.98. The van der Waals surface area contributed by atoms with Crippen molar-refractivity contribution >= 4 is 23.4 Å². The van der Waals surface area contributed by atoms with Crippen LogP contribution in [0.15, 0.2) is 53.7 Å². The van der Waals surface area contributed by atoms with Crippen molar-refractivity contribution in [3.05, 3.63) is 76.6 Å². The molecule has 5 rings (SSSR count). The summed E-state index contributed by atoms with van der Waals surface area (Å²) >= 11 is 1.50. The maximum Gasteiger partial charge on any atom is 0.254 e. The van der Waals surface area contributed by atoms with Gasteiger partial charge in [-0.15, -0.1) is 5.10 Å². The number of amides is 1. The second kappa shape index (κ2) is 9.34. The molecule has 34 heavy (non-hydrogen) atoms. The summed E-state index contributed by atoms with van der Waals surface area (Å²) in [6, 6.07) is 15.5. The zero-order chi connectivity index (χ0) is 23.7. The molecule has 0 bridgehead atoms. The number of hydrogen-bond donors (Lipinski definition) is 0.